The van der Waals surface area contributed by atoms with Crippen LogP contribution in [0.2, 0.25) is 0 Å². The van der Waals surface area contributed by atoms with Gasteiger partial charge in [-0.1, -0.05) is 0 Å². The third kappa shape index (κ3) is 6.22. The lowest BCUT2D eigenvalue weighted by Gasteiger charge is -2.29. The third-order valence-electron chi connectivity index (χ3n) is 5.01. The summed E-state index contributed by atoms with van der Waals surface area (Å²) in [5, 5.41) is 2.51. The SMILES string of the molecule is CCOC(=O)CNC(=O)Cc1nc2c(C)cc(N3CCOCC3)cc2n1C(=O)OC(C)(C)C. The van der Waals surface area contributed by atoms with Crippen molar-refractivity contribution >= 4 is 34.7 Å². The largest absolute Gasteiger partial charge is 0.465 e. The van der Waals surface area contributed by atoms with Crippen molar-refractivity contribution in [1.82, 2.24) is 14.9 Å². The zero-order valence-corrected chi connectivity index (χ0v) is 19.9. The number of carbonyl (C=O) groups is 3. The normalized spacial score (nSPS) is 14.3. The highest BCUT2D eigenvalue weighted by molar-refractivity contribution is 5.93. The molecule has 1 aromatic carbocycles. The highest BCUT2D eigenvalue weighted by atomic mass is 16.6. The number of hydrogen-bond acceptors (Lipinski definition) is 8. The van der Waals surface area contributed by atoms with Gasteiger partial charge in [0.25, 0.3) is 0 Å². The van der Waals surface area contributed by atoms with Gasteiger partial charge in [-0.15, -0.1) is 0 Å². The van der Waals surface area contributed by atoms with Crippen molar-refractivity contribution in [2.45, 2.75) is 46.6 Å². The van der Waals surface area contributed by atoms with Gasteiger partial charge in [-0.05, 0) is 52.3 Å². The molecule has 33 heavy (non-hydrogen) atoms. The van der Waals surface area contributed by atoms with Crippen molar-refractivity contribution in [3.05, 3.63) is 23.5 Å². The predicted octanol–water partition coefficient (Wildman–Crippen LogP) is 2.19. The first-order valence-electron chi connectivity index (χ1n) is 11.1. The molecular formula is C23H32N4O6. The van der Waals surface area contributed by atoms with E-state index in [1.54, 1.807) is 27.7 Å². The van der Waals surface area contributed by atoms with Crippen LogP contribution in [0.25, 0.3) is 11.0 Å². The maximum Gasteiger partial charge on any atom is 0.420 e. The highest BCUT2D eigenvalue weighted by Crippen LogP contribution is 2.28. The minimum Gasteiger partial charge on any atom is -0.465 e. The van der Waals surface area contributed by atoms with Gasteiger partial charge in [0.15, 0.2) is 0 Å². The molecular weight excluding hydrogens is 428 g/mol. The summed E-state index contributed by atoms with van der Waals surface area (Å²) < 4.78 is 17.2. The zero-order valence-electron chi connectivity index (χ0n) is 19.9. The molecule has 1 aromatic heterocycles. The number of aromatic nitrogens is 2. The second kappa shape index (κ2) is 10.2. The fourth-order valence-corrected chi connectivity index (χ4v) is 3.60. The Morgan fingerprint density at radius 2 is 1.88 bits per heavy atom. The number of morpholine rings is 1. The van der Waals surface area contributed by atoms with Crippen LogP contribution < -0.4 is 10.2 Å². The van der Waals surface area contributed by atoms with Crippen LogP contribution in [-0.4, -0.2) is 72.6 Å². The smallest absolute Gasteiger partial charge is 0.420 e. The van der Waals surface area contributed by atoms with Gasteiger partial charge in [0.2, 0.25) is 5.91 Å². The Hall–Kier alpha value is -3.14. The van der Waals surface area contributed by atoms with Gasteiger partial charge in [0.05, 0.1) is 37.3 Å². The Morgan fingerprint density at radius 1 is 1.18 bits per heavy atom. The van der Waals surface area contributed by atoms with E-state index in [9.17, 15) is 14.4 Å². The van der Waals surface area contributed by atoms with Crippen LogP contribution in [0.15, 0.2) is 12.1 Å². The number of nitrogens with zero attached hydrogens (tertiary/aromatic N) is 3. The van der Waals surface area contributed by atoms with E-state index in [1.807, 2.05) is 19.1 Å². The van der Waals surface area contributed by atoms with E-state index >= 15 is 0 Å². The Morgan fingerprint density at radius 3 is 2.52 bits per heavy atom. The highest BCUT2D eigenvalue weighted by Gasteiger charge is 2.26. The van der Waals surface area contributed by atoms with E-state index in [-0.39, 0.29) is 25.4 Å². The quantitative estimate of drug-likeness (QED) is 0.653. The Kier molecular flexibility index (Phi) is 7.57. The second-order valence-corrected chi connectivity index (χ2v) is 8.83. The maximum absolute atomic E-state index is 13.1. The summed E-state index contributed by atoms with van der Waals surface area (Å²) in [4.78, 5) is 44.0. The predicted molar refractivity (Wildman–Crippen MR) is 122 cm³/mol. The molecule has 0 bridgehead atoms. The number of hydrogen-bond donors (Lipinski definition) is 1. The molecule has 3 rings (SSSR count). The van der Waals surface area contributed by atoms with Crippen molar-refractivity contribution in [2.75, 3.05) is 44.4 Å². The molecule has 2 heterocycles. The number of ether oxygens (including phenoxy) is 3. The Bertz CT molecular complexity index is 1030. The molecule has 0 atom stereocenters. The summed E-state index contributed by atoms with van der Waals surface area (Å²) in [5.74, 6) is -0.741. The number of nitrogens with one attached hydrogen (secondary N) is 1. The number of carbonyl (C=O) groups excluding carboxylic acids is 3. The van der Waals surface area contributed by atoms with Gasteiger partial charge < -0.3 is 24.4 Å². The molecule has 10 nitrogen and oxygen atoms in total. The van der Waals surface area contributed by atoms with Crippen molar-refractivity contribution in [3.8, 4) is 0 Å². The molecule has 0 saturated carbocycles. The van der Waals surface area contributed by atoms with Crippen LogP contribution in [0.5, 0.6) is 0 Å². The number of esters is 1. The van der Waals surface area contributed by atoms with Crippen LogP contribution >= 0.6 is 0 Å². The maximum atomic E-state index is 13.1. The first-order chi connectivity index (χ1) is 15.6. The summed E-state index contributed by atoms with van der Waals surface area (Å²) in [5.41, 5.74) is 2.29. The summed E-state index contributed by atoms with van der Waals surface area (Å²) in [6.07, 6.45) is -0.809. The van der Waals surface area contributed by atoms with Crippen molar-refractivity contribution < 1.29 is 28.6 Å². The van der Waals surface area contributed by atoms with E-state index in [4.69, 9.17) is 14.2 Å². The van der Waals surface area contributed by atoms with Gasteiger partial charge in [0.1, 0.15) is 18.0 Å². The minimum absolute atomic E-state index is 0.195. The number of aryl methyl sites for hydroxylation is 1. The lowest BCUT2D eigenvalue weighted by molar-refractivity contribution is -0.143. The summed E-state index contributed by atoms with van der Waals surface area (Å²) >= 11 is 0. The van der Waals surface area contributed by atoms with Crippen molar-refractivity contribution in [3.63, 3.8) is 0 Å². The monoisotopic (exact) mass is 460 g/mol. The van der Waals surface area contributed by atoms with Crippen LogP contribution in [-0.2, 0) is 30.2 Å². The van der Waals surface area contributed by atoms with Crippen LogP contribution in [0, 0.1) is 6.92 Å². The van der Waals surface area contributed by atoms with Crippen LogP contribution in [0.3, 0.4) is 0 Å². The molecule has 2 aromatic rings. The Labute approximate surface area is 193 Å². The molecule has 0 aliphatic carbocycles. The molecule has 1 saturated heterocycles. The van der Waals surface area contributed by atoms with E-state index in [0.29, 0.717) is 24.2 Å². The van der Waals surface area contributed by atoms with Crippen LogP contribution in [0.1, 0.15) is 39.1 Å². The van der Waals surface area contributed by atoms with Gasteiger partial charge in [-0.3, -0.25) is 9.59 Å². The number of fused-ring (bicyclic) bond motifs is 1. The standard InChI is InChI=1S/C23H32N4O6/c1-6-32-20(29)14-24-19(28)13-18-25-21-15(2)11-16(26-7-9-31-10-8-26)12-17(21)27(18)22(30)33-23(3,4)5/h11-12H,6-10,13-14H2,1-5H3,(H,24,28). The molecule has 0 spiro atoms. The van der Waals surface area contributed by atoms with E-state index in [0.717, 1.165) is 24.3 Å². The molecule has 1 amide bonds. The lowest BCUT2D eigenvalue weighted by Crippen LogP contribution is -2.36. The zero-order chi connectivity index (χ0) is 24.2. The van der Waals surface area contributed by atoms with Crippen molar-refractivity contribution in [1.29, 1.82) is 0 Å². The summed E-state index contributed by atoms with van der Waals surface area (Å²) in [6, 6.07) is 3.91. The first-order valence-corrected chi connectivity index (χ1v) is 11.1. The average molecular weight is 461 g/mol. The summed E-state index contributed by atoms with van der Waals surface area (Å²) in [7, 11) is 0. The van der Waals surface area contributed by atoms with Gasteiger partial charge in [-0.25, -0.2) is 14.3 Å². The van der Waals surface area contributed by atoms with Gasteiger partial charge in [-0.2, -0.15) is 0 Å². The van der Waals surface area contributed by atoms with E-state index in [2.05, 4.69) is 15.2 Å². The second-order valence-electron chi connectivity index (χ2n) is 8.83. The fraction of sp³-hybridized carbons (Fsp3) is 0.565. The molecule has 10 heteroatoms. The fourth-order valence-electron chi connectivity index (χ4n) is 3.60. The summed E-state index contributed by atoms with van der Waals surface area (Å²) in [6.45, 7) is 11.7. The molecule has 0 unspecified atom stereocenters. The van der Waals surface area contributed by atoms with Crippen LogP contribution in [0.4, 0.5) is 10.5 Å². The molecule has 180 valence electrons. The first kappa shape index (κ1) is 24.5. The number of benzene rings is 1. The Balaban J connectivity index is 1.97. The van der Waals surface area contributed by atoms with Gasteiger partial charge in [0, 0.05) is 18.8 Å². The molecule has 0 radical (unpaired) electrons. The molecule has 1 aliphatic heterocycles. The third-order valence-corrected chi connectivity index (χ3v) is 5.01. The van der Waals surface area contributed by atoms with E-state index in [1.165, 1.54) is 4.57 Å². The lowest BCUT2D eigenvalue weighted by atomic mass is 10.1. The number of amides is 1. The molecule has 1 aliphatic rings. The average Bonchev–Trinajstić information content (AvgIpc) is 3.10. The number of anilines is 1. The number of imidazole rings is 1. The van der Waals surface area contributed by atoms with Crippen molar-refractivity contribution in [2.24, 2.45) is 0 Å². The minimum atomic E-state index is -0.728. The molecule has 1 fully saturated rings. The van der Waals surface area contributed by atoms with Gasteiger partial charge >= 0.3 is 12.1 Å². The number of rotatable bonds is 6. The molecule has 1 N–H and O–H groups in total. The topological polar surface area (TPSA) is 112 Å². The van der Waals surface area contributed by atoms with E-state index < -0.39 is 23.6 Å².